The van der Waals surface area contributed by atoms with Gasteiger partial charge in [0.15, 0.2) is 0 Å². The highest BCUT2D eigenvalue weighted by Crippen LogP contribution is 2.15. The van der Waals surface area contributed by atoms with Crippen molar-refractivity contribution < 1.29 is 4.79 Å². The summed E-state index contributed by atoms with van der Waals surface area (Å²) in [6, 6.07) is 11.6. The first kappa shape index (κ1) is 15.2. The molecule has 1 fully saturated rings. The Labute approximate surface area is 136 Å². The van der Waals surface area contributed by atoms with Gasteiger partial charge in [-0.25, -0.2) is 9.97 Å². The van der Waals surface area contributed by atoms with Crippen molar-refractivity contribution in [1.82, 2.24) is 15.3 Å². The van der Waals surface area contributed by atoms with Gasteiger partial charge in [-0.3, -0.25) is 4.79 Å². The number of nitrogens with zero attached hydrogens (tertiary/aromatic N) is 3. The van der Waals surface area contributed by atoms with Crippen LogP contribution in [-0.2, 0) is 11.3 Å². The van der Waals surface area contributed by atoms with Crippen LogP contribution in [0.15, 0.2) is 48.7 Å². The van der Waals surface area contributed by atoms with Crippen LogP contribution in [0.25, 0.3) is 6.08 Å². The Morgan fingerprint density at radius 2 is 1.96 bits per heavy atom. The minimum Gasteiger partial charge on any atom is -0.347 e. The zero-order valence-electron chi connectivity index (χ0n) is 13.0. The van der Waals surface area contributed by atoms with Gasteiger partial charge in [-0.05, 0) is 30.5 Å². The fourth-order valence-corrected chi connectivity index (χ4v) is 2.53. The molecule has 3 rings (SSSR count). The average Bonchev–Trinajstić information content (AvgIpc) is 3.14. The van der Waals surface area contributed by atoms with E-state index in [0.717, 1.165) is 30.3 Å². The summed E-state index contributed by atoms with van der Waals surface area (Å²) in [5.74, 6) is 0.629. The SMILES string of the molecule is O=C(/C=C/c1ccccc1)NCc1ccnc(N2CCCC2)n1. The largest absolute Gasteiger partial charge is 0.347 e. The number of aromatic nitrogens is 2. The molecule has 1 saturated heterocycles. The van der Waals surface area contributed by atoms with Crippen LogP contribution in [0.5, 0.6) is 0 Å². The number of nitrogens with one attached hydrogen (secondary N) is 1. The zero-order chi connectivity index (χ0) is 15.9. The Bertz CT molecular complexity index is 678. The first-order chi connectivity index (χ1) is 11.3. The molecule has 0 radical (unpaired) electrons. The first-order valence-electron chi connectivity index (χ1n) is 7.89. The Morgan fingerprint density at radius 1 is 1.17 bits per heavy atom. The number of hydrogen-bond acceptors (Lipinski definition) is 4. The molecule has 0 bridgehead atoms. The van der Waals surface area contributed by atoms with Crippen LogP contribution in [0.1, 0.15) is 24.1 Å². The molecule has 5 nitrogen and oxygen atoms in total. The van der Waals surface area contributed by atoms with Gasteiger partial charge in [0, 0.05) is 25.4 Å². The summed E-state index contributed by atoms with van der Waals surface area (Å²) in [5.41, 5.74) is 1.82. The lowest BCUT2D eigenvalue weighted by molar-refractivity contribution is -0.116. The topological polar surface area (TPSA) is 58.1 Å². The van der Waals surface area contributed by atoms with Crippen molar-refractivity contribution in [2.75, 3.05) is 18.0 Å². The molecule has 0 unspecified atom stereocenters. The maximum atomic E-state index is 11.9. The second-order valence-corrected chi connectivity index (χ2v) is 5.50. The summed E-state index contributed by atoms with van der Waals surface area (Å²) in [5, 5.41) is 2.85. The normalized spacial score (nSPS) is 14.3. The van der Waals surface area contributed by atoms with E-state index in [1.807, 2.05) is 36.4 Å². The van der Waals surface area contributed by atoms with Gasteiger partial charge >= 0.3 is 0 Å². The van der Waals surface area contributed by atoms with Crippen molar-refractivity contribution in [1.29, 1.82) is 0 Å². The first-order valence-corrected chi connectivity index (χ1v) is 7.89. The lowest BCUT2D eigenvalue weighted by Crippen LogP contribution is -2.23. The standard InChI is InChI=1S/C18H20N4O/c23-17(9-8-15-6-2-1-3-7-15)20-14-16-10-11-19-18(21-16)22-12-4-5-13-22/h1-3,6-11H,4-5,12-14H2,(H,20,23)/b9-8+. The fraction of sp³-hybridized carbons (Fsp3) is 0.278. The Hall–Kier alpha value is -2.69. The zero-order valence-corrected chi connectivity index (χ0v) is 13.0. The van der Waals surface area contributed by atoms with E-state index in [9.17, 15) is 4.79 Å². The highest BCUT2D eigenvalue weighted by atomic mass is 16.1. The number of amides is 1. The summed E-state index contributed by atoms with van der Waals surface area (Å²) < 4.78 is 0. The monoisotopic (exact) mass is 308 g/mol. The maximum absolute atomic E-state index is 11.9. The fourth-order valence-electron chi connectivity index (χ4n) is 2.53. The van der Waals surface area contributed by atoms with Gasteiger partial charge in [0.1, 0.15) is 0 Å². The van der Waals surface area contributed by atoms with Crippen LogP contribution < -0.4 is 10.2 Å². The molecule has 1 aromatic heterocycles. The molecule has 23 heavy (non-hydrogen) atoms. The van der Waals surface area contributed by atoms with Crippen molar-refractivity contribution in [3.63, 3.8) is 0 Å². The molecule has 1 N–H and O–H groups in total. The molecule has 0 aliphatic carbocycles. The number of benzene rings is 1. The van der Waals surface area contributed by atoms with Crippen LogP contribution in [-0.4, -0.2) is 29.0 Å². The highest BCUT2D eigenvalue weighted by Gasteiger charge is 2.14. The summed E-state index contributed by atoms with van der Waals surface area (Å²) >= 11 is 0. The third kappa shape index (κ3) is 4.39. The van der Waals surface area contributed by atoms with Crippen LogP contribution >= 0.6 is 0 Å². The van der Waals surface area contributed by atoms with Crippen molar-refractivity contribution in [2.24, 2.45) is 0 Å². The van der Waals surface area contributed by atoms with E-state index in [2.05, 4.69) is 20.2 Å². The Kier molecular flexibility index (Phi) is 4.99. The van der Waals surface area contributed by atoms with Gasteiger partial charge in [-0.1, -0.05) is 30.3 Å². The number of hydrogen-bond donors (Lipinski definition) is 1. The smallest absolute Gasteiger partial charge is 0.244 e. The van der Waals surface area contributed by atoms with E-state index in [1.165, 1.54) is 18.9 Å². The van der Waals surface area contributed by atoms with Crippen molar-refractivity contribution in [3.8, 4) is 0 Å². The molecular formula is C18H20N4O. The quantitative estimate of drug-likeness (QED) is 0.862. The van der Waals surface area contributed by atoms with Crippen LogP contribution in [0.4, 0.5) is 5.95 Å². The summed E-state index contributed by atoms with van der Waals surface area (Å²) in [4.78, 5) is 22.9. The molecule has 1 amide bonds. The lowest BCUT2D eigenvalue weighted by atomic mass is 10.2. The van der Waals surface area contributed by atoms with E-state index < -0.39 is 0 Å². The Balaban J connectivity index is 1.54. The van der Waals surface area contributed by atoms with E-state index in [4.69, 9.17) is 0 Å². The van der Waals surface area contributed by atoms with Crippen molar-refractivity contribution in [2.45, 2.75) is 19.4 Å². The second-order valence-electron chi connectivity index (χ2n) is 5.50. The number of anilines is 1. The molecule has 0 saturated carbocycles. The van der Waals surface area contributed by atoms with Crippen LogP contribution in [0.2, 0.25) is 0 Å². The molecule has 5 heteroatoms. The van der Waals surface area contributed by atoms with Crippen LogP contribution in [0, 0.1) is 0 Å². The molecule has 1 aromatic carbocycles. The van der Waals surface area contributed by atoms with Gasteiger partial charge < -0.3 is 10.2 Å². The predicted octanol–water partition coefficient (Wildman–Crippen LogP) is 2.41. The molecule has 0 atom stereocenters. The van der Waals surface area contributed by atoms with E-state index in [0.29, 0.717) is 6.54 Å². The third-order valence-corrected chi connectivity index (χ3v) is 3.76. The molecule has 118 valence electrons. The maximum Gasteiger partial charge on any atom is 0.244 e. The van der Waals surface area contributed by atoms with Gasteiger partial charge in [-0.15, -0.1) is 0 Å². The van der Waals surface area contributed by atoms with Crippen molar-refractivity contribution in [3.05, 3.63) is 59.9 Å². The van der Waals surface area contributed by atoms with Crippen molar-refractivity contribution >= 4 is 17.9 Å². The summed E-state index contributed by atoms with van der Waals surface area (Å²) in [6.45, 7) is 2.42. The van der Waals surface area contributed by atoms with E-state index in [-0.39, 0.29) is 5.91 Å². The molecule has 2 aromatic rings. The van der Waals surface area contributed by atoms with Gasteiger partial charge in [0.25, 0.3) is 0 Å². The summed E-state index contributed by atoms with van der Waals surface area (Å²) in [6.07, 6.45) is 7.47. The number of rotatable bonds is 5. The lowest BCUT2D eigenvalue weighted by Gasteiger charge is -2.15. The van der Waals surface area contributed by atoms with Gasteiger partial charge in [-0.2, -0.15) is 0 Å². The highest BCUT2D eigenvalue weighted by molar-refractivity contribution is 5.91. The molecule has 0 spiro atoms. The number of carbonyl (C=O) groups excluding carboxylic acids is 1. The second kappa shape index (κ2) is 7.54. The van der Waals surface area contributed by atoms with Gasteiger partial charge in [0.2, 0.25) is 11.9 Å². The predicted molar refractivity (Wildman–Crippen MR) is 90.8 cm³/mol. The van der Waals surface area contributed by atoms with Gasteiger partial charge in [0.05, 0.1) is 12.2 Å². The molecule has 1 aliphatic heterocycles. The molecule has 1 aliphatic rings. The molecular weight excluding hydrogens is 288 g/mol. The minimum atomic E-state index is -0.129. The van der Waals surface area contributed by atoms with E-state index in [1.54, 1.807) is 12.3 Å². The van der Waals surface area contributed by atoms with Crippen LogP contribution in [0.3, 0.4) is 0 Å². The number of carbonyl (C=O) groups is 1. The third-order valence-electron chi connectivity index (χ3n) is 3.76. The Morgan fingerprint density at radius 3 is 2.74 bits per heavy atom. The molecule has 2 heterocycles. The summed E-state index contributed by atoms with van der Waals surface area (Å²) in [7, 11) is 0. The van der Waals surface area contributed by atoms with E-state index >= 15 is 0 Å². The average molecular weight is 308 g/mol. The minimum absolute atomic E-state index is 0.129.